The quantitative estimate of drug-likeness (QED) is 0.795. The largest absolute Gasteiger partial charge is 0.377 e. The van der Waals surface area contributed by atoms with Gasteiger partial charge in [0.25, 0.3) is 0 Å². The van der Waals surface area contributed by atoms with Gasteiger partial charge in [0.1, 0.15) is 5.82 Å². The predicted molar refractivity (Wildman–Crippen MR) is 73.8 cm³/mol. The SMILES string of the molecule is Cc1nnc2ccc(NCCOCC3CCCO3)nn12. The Labute approximate surface area is 117 Å². The maximum atomic E-state index is 5.59. The number of hydrogen-bond donors (Lipinski definition) is 1. The first kappa shape index (κ1) is 13.3. The molecule has 7 nitrogen and oxygen atoms in total. The van der Waals surface area contributed by atoms with Gasteiger partial charge in [-0.25, -0.2) is 0 Å². The van der Waals surface area contributed by atoms with Crippen LogP contribution in [0.25, 0.3) is 5.65 Å². The van der Waals surface area contributed by atoms with Crippen LogP contribution in [0.5, 0.6) is 0 Å². The first-order valence-corrected chi connectivity index (χ1v) is 6.95. The summed E-state index contributed by atoms with van der Waals surface area (Å²) in [5.41, 5.74) is 0.752. The molecule has 1 aliphatic heterocycles. The van der Waals surface area contributed by atoms with Gasteiger partial charge in [-0.2, -0.15) is 4.52 Å². The van der Waals surface area contributed by atoms with E-state index < -0.39 is 0 Å². The zero-order chi connectivity index (χ0) is 13.8. The number of hydrogen-bond acceptors (Lipinski definition) is 6. The third-order valence-electron chi connectivity index (χ3n) is 3.30. The van der Waals surface area contributed by atoms with Crippen molar-refractivity contribution in [1.82, 2.24) is 19.8 Å². The van der Waals surface area contributed by atoms with Crippen molar-refractivity contribution in [3.8, 4) is 0 Å². The van der Waals surface area contributed by atoms with Gasteiger partial charge >= 0.3 is 0 Å². The fourth-order valence-electron chi connectivity index (χ4n) is 2.23. The van der Waals surface area contributed by atoms with E-state index in [9.17, 15) is 0 Å². The van der Waals surface area contributed by atoms with Crippen molar-refractivity contribution >= 4 is 11.5 Å². The Hall–Kier alpha value is -1.73. The van der Waals surface area contributed by atoms with E-state index in [1.165, 1.54) is 0 Å². The monoisotopic (exact) mass is 277 g/mol. The molecule has 0 amide bonds. The summed E-state index contributed by atoms with van der Waals surface area (Å²) in [6.07, 6.45) is 2.54. The zero-order valence-electron chi connectivity index (χ0n) is 11.6. The number of aryl methyl sites for hydroxylation is 1. The second-order valence-electron chi connectivity index (χ2n) is 4.87. The maximum Gasteiger partial charge on any atom is 0.178 e. The molecule has 1 saturated heterocycles. The van der Waals surface area contributed by atoms with Crippen LogP contribution in [0.1, 0.15) is 18.7 Å². The number of fused-ring (bicyclic) bond motifs is 1. The predicted octanol–water partition coefficient (Wildman–Crippen LogP) is 1.04. The zero-order valence-corrected chi connectivity index (χ0v) is 11.6. The van der Waals surface area contributed by atoms with Crippen molar-refractivity contribution in [2.75, 3.05) is 31.7 Å². The van der Waals surface area contributed by atoms with E-state index in [-0.39, 0.29) is 6.10 Å². The van der Waals surface area contributed by atoms with Crippen molar-refractivity contribution in [2.45, 2.75) is 25.9 Å². The molecule has 0 radical (unpaired) electrons. The fourth-order valence-corrected chi connectivity index (χ4v) is 2.23. The van der Waals surface area contributed by atoms with Crippen LogP contribution >= 0.6 is 0 Å². The van der Waals surface area contributed by atoms with E-state index in [2.05, 4.69) is 20.6 Å². The Balaban J connectivity index is 1.43. The fraction of sp³-hybridized carbons (Fsp3) is 0.615. The lowest BCUT2D eigenvalue weighted by atomic mass is 10.2. The summed E-state index contributed by atoms with van der Waals surface area (Å²) in [7, 11) is 0. The van der Waals surface area contributed by atoms with Gasteiger partial charge < -0.3 is 14.8 Å². The molecule has 3 rings (SSSR count). The molecule has 1 atom stereocenters. The number of nitrogens with one attached hydrogen (secondary N) is 1. The topological polar surface area (TPSA) is 73.6 Å². The molecule has 7 heteroatoms. The van der Waals surface area contributed by atoms with Crippen LogP contribution in [-0.4, -0.2) is 52.3 Å². The first-order chi connectivity index (χ1) is 9.83. The molecular weight excluding hydrogens is 258 g/mol. The minimum atomic E-state index is 0.282. The Bertz CT molecular complexity index is 565. The summed E-state index contributed by atoms with van der Waals surface area (Å²) >= 11 is 0. The average Bonchev–Trinajstić information content (AvgIpc) is 3.09. The van der Waals surface area contributed by atoms with E-state index in [1.54, 1.807) is 4.52 Å². The first-order valence-electron chi connectivity index (χ1n) is 6.95. The summed E-state index contributed by atoms with van der Waals surface area (Å²) in [5, 5.41) is 15.6. The molecule has 3 heterocycles. The highest BCUT2D eigenvalue weighted by molar-refractivity contribution is 5.43. The van der Waals surface area contributed by atoms with E-state index in [0.717, 1.165) is 36.7 Å². The van der Waals surface area contributed by atoms with Crippen molar-refractivity contribution < 1.29 is 9.47 Å². The molecule has 1 fully saturated rings. The van der Waals surface area contributed by atoms with Crippen LogP contribution in [0.3, 0.4) is 0 Å². The van der Waals surface area contributed by atoms with Crippen molar-refractivity contribution in [2.24, 2.45) is 0 Å². The number of rotatable bonds is 6. The second kappa shape index (κ2) is 6.15. The lowest BCUT2D eigenvalue weighted by Crippen LogP contribution is -2.18. The highest BCUT2D eigenvalue weighted by atomic mass is 16.5. The van der Waals surface area contributed by atoms with Crippen LogP contribution in [0.4, 0.5) is 5.82 Å². The summed E-state index contributed by atoms with van der Waals surface area (Å²) in [6.45, 7) is 4.78. The highest BCUT2D eigenvalue weighted by Gasteiger charge is 2.14. The summed E-state index contributed by atoms with van der Waals surface area (Å²) in [4.78, 5) is 0. The lowest BCUT2D eigenvalue weighted by molar-refractivity contribution is 0.0206. The van der Waals surface area contributed by atoms with Crippen LogP contribution in [-0.2, 0) is 9.47 Å². The summed E-state index contributed by atoms with van der Waals surface area (Å²) in [5.74, 6) is 1.57. The van der Waals surface area contributed by atoms with Crippen LogP contribution in [0, 0.1) is 6.92 Å². The standard InChI is InChI=1S/C13H19N5O2/c1-10-15-16-13-5-4-12(17-18(10)13)14-6-8-19-9-11-3-2-7-20-11/h4-5,11H,2-3,6-9H2,1H3,(H,14,17). The number of anilines is 1. The van der Waals surface area contributed by atoms with Crippen LogP contribution in [0.15, 0.2) is 12.1 Å². The van der Waals surface area contributed by atoms with E-state index in [4.69, 9.17) is 9.47 Å². The molecule has 0 spiro atoms. The molecule has 1 N–H and O–H groups in total. The van der Waals surface area contributed by atoms with Gasteiger partial charge in [0.15, 0.2) is 11.5 Å². The highest BCUT2D eigenvalue weighted by Crippen LogP contribution is 2.11. The molecule has 1 unspecified atom stereocenters. The van der Waals surface area contributed by atoms with Gasteiger partial charge in [0, 0.05) is 13.2 Å². The van der Waals surface area contributed by atoms with Gasteiger partial charge in [0.05, 0.1) is 19.3 Å². The van der Waals surface area contributed by atoms with Crippen LogP contribution < -0.4 is 5.32 Å². The third kappa shape index (κ3) is 3.05. The minimum Gasteiger partial charge on any atom is -0.377 e. The van der Waals surface area contributed by atoms with Gasteiger partial charge in [-0.15, -0.1) is 15.3 Å². The number of ether oxygens (including phenoxy) is 2. The van der Waals surface area contributed by atoms with Crippen molar-refractivity contribution in [1.29, 1.82) is 0 Å². The lowest BCUT2D eigenvalue weighted by Gasteiger charge is -2.10. The number of aromatic nitrogens is 4. The molecule has 20 heavy (non-hydrogen) atoms. The maximum absolute atomic E-state index is 5.59. The van der Waals surface area contributed by atoms with Gasteiger partial charge in [-0.1, -0.05) is 0 Å². The molecule has 0 saturated carbocycles. The molecule has 2 aromatic heterocycles. The van der Waals surface area contributed by atoms with Gasteiger partial charge in [0.2, 0.25) is 0 Å². The summed E-state index contributed by atoms with van der Waals surface area (Å²) < 4.78 is 12.8. The molecule has 1 aliphatic rings. The Morgan fingerprint density at radius 1 is 1.45 bits per heavy atom. The van der Waals surface area contributed by atoms with Gasteiger partial charge in [-0.05, 0) is 31.9 Å². The smallest absolute Gasteiger partial charge is 0.178 e. The minimum absolute atomic E-state index is 0.282. The number of nitrogens with zero attached hydrogens (tertiary/aromatic N) is 4. The molecule has 0 aliphatic carbocycles. The molecule has 2 aromatic rings. The van der Waals surface area contributed by atoms with E-state index in [0.29, 0.717) is 19.8 Å². The van der Waals surface area contributed by atoms with E-state index >= 15 is 0 Å². The second-order valence-corrected chi connectivity index (χ2v) is 4.87. The van der Waals surface area contributed by atoms with E-state index in [1.807, 2.05) is 19.1 Å². The Morgan fingerprint density at radius 3 is 3.25 bits per heavy atom. The Kier molecular flexibility index (Phi) is 4.08. The molecular formula is C13H19N5O2. The van der Waals surface area contributed by atoms with Gasteiger partial charge in [-0.3, -0.25) is 0 Å². The average molecular weight is 277 g/mol. The van der Waals surface area contributed by atoms with Crippen molar-refractivity contribution in [3.63, 3.8) is 0 Å². The summed E-state index contributed by atoms with van der Waals surface area (Å²) in [6, 6.07) is 3.78. The molecule has 108 valence electrons. The third-order valence-corrected chi connectivity index (χ3v) is 3.30. The molecule has 0 aromatic carbocycles. The van der Waals surface area contributed by atoms with Crippen molar-refractivity contribution in [3.05, 3.63) is 18.0 Å². The normalized spacial score (nSPS) is 18.8. The van der Waals surface area contributed by atoms with Crippen LogP contribution in [0.2, 0.25) is 0 Å². The molecule has 0 bridgehead atoms. The Morgan fingerprint density at radius 2 is 2.40 bits per heavy atom.